The quantitative estimate of drug-likeness (QED) is 0.602. The molecular weight excluding hydrogens is 437 g/mol. The van der Waals surface area contributed by atoms with Gasteiger partial charge in [-0.15, -0.1) is 0 Å². The lowest BCUT2D eigenvalue weighted by molar-refractivity contribution is -0.141. The molecule has 8 heteroatoms. The fraction of sp³-hybridized carbons (Fsp3) is 0.423. The number of ether oxygens (including phenoxy) is 2. The molecule has 182 valence electrons. The highest BCUT2D eigenvalue weighted by molar-refractivity contribution is 6.03. The van der Waals surface area contributed by atoms with Crippen LogP contribution in [0.15, 0.2) is 47.6 Å². The van der Waals surface area contributed by atoms with Crippen LogP contribution in [-0.4, -0.2) is 55.2 Å². The fourth-order valence-electron chi connectivity index (χ4n) is 3.83. The SMILES string of the molecule is COc1ccc(C2CC(c3ccc(F)cc3)=NN2C(=O)CN(C)C(=O)CC(C)(C)C)cc1OC. The van der Waals surface area contributed by atoms with E-state index in [0.29, 0.717) is 30.1 Å². The Morgan fingerprint density at radius 2 is 1.74 bits per heavy atom. The van der Waals surface area contributed by atoms with Gasteiger partial charge in [-0.1, -0.05) is 39.0 Å². The molecule has 1 unspecified atom stereocenters. The van der Waals surface area contributed by atoms with Crippen LogP contribution >= 0.6 is 0 Å². The lowest BCUT2D eigenvalue weighted by Gasteiger charge is -2.27. The summed E-state index contributed by atoms with van der Waals surface area (Å²) in [5.41, 5.74) is 2.03. The Labute approximate surface area is 200 Å². The second-order valence-corrected chi connectivity index (χ2v) is 9.61. The molecule has 1 atom stereocenters. The lowest BCUT2D eigenvalue weighted by atomic mass is 9.92. The zero-order valence-electron chi connectivity index (χ0n) is 20.6. The summed E-state index contributed by atoms with van der Waals surface area (Å²) in [6.07, 6.45) is 0.770. The number of rotatable bonds is 7. The number of carbonyl (C=O) groups excluding carboxylic acids is 2. The Morgan fingerprint density at radius 3 is 2.32 bits per heavy atom. The van der Waals surface area contributed by atoms with E-state index in [2.05, 4.69) is 5.10 Å². The molecule has 0 fully saturated rings. The molecule has 0 spiro atoms. The second kappa shape index (κ2) is 10.2. The van der Waals surface area contributed by atoms with E-state index in [4.69, 9.17) is 9.47 Å². The molecule has 0 bridgehead atoms. The number of carbonyl (C=O) groups is 2. The van der Waals surface area contributed by atoms with Gasteiger partial charge in [0.05, 0.1) is 26.0 Å². The topological polar surface area (TPSA) is 71.4 Å². The average Bonchev–Trinajstić information content (AvgIpc) is 3.23. The third kappa shape index (κ3) is 5.92. The number of likely N-dealkylation sites (N-methyl/N-ethyl adjacent to an activating group) is 1. The number of nitrogens with zero attached hydrogens (tertiary/aromatic N) is 3. The number of benzene rings is 2. The third-order valence-corrected chi connectivity index (χ3v) is 5.62. The van der Waals surface area contributed by atoms with Crippen molar-refractivity contribution in [2.24, 2.45) is 10.5 Å². The summed E-state index contributed by atoms with van der Waals surface area (Å²) in [5.74, 6) is 0.368. The molecule has 0 saturated heterocycles. The smallest absolute Gasteiger partial charge is 0.262 e. The number of amides is 2. The first-order valence-electron chi connectivity index (χ1n) is 11.1. The minimum atomic E-state index is -0.404. The van der Waals surface area contributed by atoms with Crippen molar-refractivity contribution in [2.75, 3.05) is 27.8 Å². The first kappa shape index (κ1) is 25.2. The van der Waals surface area contributed by atoms with Gasteiger partial charge in [0.15, 0.2) is 11.5 Å². The summed E-state index contributed by atoms with van der Waals surface area (Å²) in [6.45, 7) is 5.84. The van der Waals surface area contributed by atoms with Gasteiger partial charge in [0, 0.05) is 19.9 Å². The lowest BCUT2D eigenvalue weighted by Crippen LogP contribution is -2.40. The molecule has 0 aliphatic carbocycles. The van der Waals surface area contributed by atoms with Gasteiger partial charge in [-0.25, -0.2) is 9.40 Å². The molecule has 34 heavy (non-hydrogen) atoms. The predicted octanol–water partition coefficient (Wildman–Crippen LogP) is 4.42. The first-order valence-corrected chi connectivity index (χ1v) is 11.1. The Balaban J connectivity index is 1.90. The van der Waals surface area contributed by atoms with Crippen LogP contribution in [0.4, 0.5) is 4.39 Å². The average molecular weight is 470 g/mol. The van der Waals surface area contributed by atoms with Crippen molar-refractivity contribution in [3.05, 3.63) is 59.4 Å². The van der Waals surface area contributed by atoms with Gasteiger partial charge < -0.3 is 14.4 Å². The monoisotopic (exact) mass is 469 g/mol. The van der Waals surface area contributed by atoms with E-state index in [-0.39, 0.29) is 29.6 Å². The highest BCUT2D eigenvalue weighted by Crippen LogP contribution is 2.37. The van der Waals surface area contributed by atoms with Crippen molar-refractivity contribution in [3.8, 4) is 11.5 Å². The molecule has 2 aromatic rings. The van der Waals surface area contributed by atoms with Gasteiger partial charge >= 0.3 is 0 Å². The Bertz CT molecular complexity index is 1080. The van der Waals surface area contributed by atoms with E-state index in [9.17, 15) is 14.0 Å². The maximum Gasteiger partial charge on any atom is 0.262 e. The van der Waals surface area contributed by atoms with Gasteiger partial charge in [0.25, 0.3) is 5.91 Å². The zero-order valence-corrected chi connectivity index (χ0v) is 20.6. The van der Waals surface area contributed by atoms with Crippen molar-refractivity contribution < 1.29 is 23.5 Å². The maximum absolute atomic E-state index is 13.4. The summed E-state index contributed by atoms with van der Waals surface area (Å²) in [4.78, 5) is 27.3. The summed E-state index contributed by atoms with van der Waals surface area (Å²) in [6, 6.07) is 11.1. The van der Waals surface area contributed by atoms with Crippen molar-refractivity contribution in [1.29, 1.82) is 0 Å². The van der Waals surface area contributed by atoms with Crippen molar-refractivity contribution >= 4 is 17.5 Å². The van der Waals surface area contributed by atoms with Crippen LogP contribution in [0.1, 0.15) is 50.8 Å². The molecule has 0 N–H and O–H groups in total. The van der Waals surface area contributed by atoms with Gasteiger partial charge in [0.1, 0.15) is 12.4 Å². The van der Waals surface area contributed by atoms with E-state index >= 15 is 0 Å². The Kier molecular flexibility index (Phi) is 7.59. The largest absolute Gasteiger partial charge is 0.493 e. The third-order valence-electron chi connectivity index (χ3n) is 5.62. The number of halogens is 1. The number of hydrogen-bond acceptors (Lipinski definition) is 5. The molecule has 2 aromatic carbocycles. The molecule has 2 amide bonds. The normalized spacial score (nSPS) is 15.7. The Hall–Kier alpha value is -3.42. The van der Waals surface area contributed by atoms with E-state index < -0.39 is 6.04 Å². The minimum absolute atomic E-state index is 0.0983. The summed E-state index contributed by atoms with van der Waals surface area (Å²) in [7, 11) is 4.73. The highest BCUT2D eigenvalue weighted by atomic mass is 19.1. The van der Waals surface area contributed by atoms with Crippen LogP contribution in [0, 0.1) is 11.2 Å². The van der Waals surface area contributed by atoms with E-state index in [1.54, 1.807) is 39.5 Å². The van der Waals surface area contributed by atoms with Gasteiger partial charge in [-0.2, -0.15) is 5.10 Å². The highest BCUT2D eigenvalue weighted by Gasteiger charge is 2.34. The standard InChI is InChI=1S/C26H32FN3O4/c1-26(2,3)15-24(31)29(4)16-25(32)30-21(18-9-12-22(33-5)23(13-18)34-6)14-20(28-30)17-7-10-19(27)11-8-17/h7-13,21H,14-16H2,1-6H3. The molecule has 0 aromatic heterocycles. The van der Waals surface area contributed by atoms with Gasteiger partial charge in [0.2, 0.25) is 5.91 Å². The van der Waals surface area contributed by atoms with Crippen LogP contribution in [0.25, 0.3) is 0 Å². The van der Waals surface area contributed by atoms with Crippen LogP contribution in [0.5, 0.6) is 11.5 Å². The van der Waals surface area contributed by atoms with E-state index in [1.807, 2.05) is 32.9 Å². The zero-order chi connectivity index (χ0) is 25.0. The van der Waals surface area contributed by atoms with Crippen LogP contribution in [0.3, 0.4) is 0 Å². The molecule has 1 heterocycles. The number of hydrazone groups is 1. The van der Waals surface area contributed by atoms with E-state index in [0.717, 1.165) is 11.1 Å². The molecule has 1 aliphatic heterocycles. The second-order valence-electron chi connectivity index (χ2n) is 9.61. The molecule has 7 nitrogen and oxygen atoms in total. The molecule has 1 aliphatic rings. The predicted molar refractivity (Wildman–Crippen MR) is 128 cm³/mol. The Morgan fingerprint density at radius 1 is 1.09 bits per heavy atom. The maximum atomic E-state index is 13.4. The van der Waals surface area contributed by atoms with Crippen molar-refractivity contribution in [1.82, 2.24) is 9.91 Å². The van der Waals surface area contributed by atoms with Crippen molar-refractivity contribution in [2.45, 2.75) is 39.7 Å². The number of methoxy groups -OCH3 is 2. The molecule has 0 radical (unpaired) electrons. The molecular formula is C26H32FN3O4. The van der Waals surface area contributed by atoms with Gasteiger partial charge in [-0.3, -0.25) is 9.59 Å². The van der Waals surface area contributed by atoms with E-state index in [1.165, 1.54) is 22.0 Å². The minimum Gasteiger partial charge on any atom is -0.493 e. The summed E-state index contributed by atoms with van der Waals surface area (Å²) in [5, 5.41) is 6.02. The first-order chi connectivity index (χ1) is 16.0. The summed E-state index contributed by atoms with van der Waals surface area (Å²) >= 11 is 0. The fourth-order valence-corrected chi connectivity index (χ4v) is 3.83. The van der Waals surface area contributed by atoms with Crippen LogP contribution in [0.2, 0.25) is 0 Å². The van der Waals surface area contributed by atoms with Gasteiger partial charge in [-0.05, 0) is 40.8 Å². The molecule has 3 rings (SSSR count). The van der Waals surface area contributed by atoms with Crippen LogP contribution in [-0.2, 0) is 9.59 Å². The van der Waals surface area contributed by atoms with Crippen LogP contribution < -0.4 is 9.47 Å². The number of hydrogen-bond donors (Lipinski definition) is 0. The van der Waals surface area contributed by atoms with Crippen molar-refractivity contribution in [3.63, 3.8) is 0 Å². The summed E-state index contributed by atoms with van der Waals surface area (Å²) < 4.78 is 24.2. The molecule has 0 saturated carbocycles.